The molecule has 0 aromatic carbocycles. The van der Waals surface area contributed by atoms with Gasteiger partial charge in [0, 0.05) is 31.8 Å². The molecule has 1 aliphatic rings. The second-order valence-electron chi connectivity index (χ2n) is 11.0. The zero-order valence-corrected chi connectivity index (χ0v) is 26.7. The molecule has 1 aromatic rings. The number of hydrogen-bond donors (Lipinski definition) is 0. The minimum Gasteiger partial charge on any atom is -0.756 e. The molecule has 2 rings (SSSR count). The second kappa shape index (κ2) is 23.9. The number of unbranched alkanes of at least 4 members (excludes halogenated alkanes) is 13. The molecule has 2 unspecified atom stereocenters. The fourth-order valence-electron chi connectivity index (χ4n) is 4.75. The van der Waals surface area contributed by atoms with Crippen molar-refractivity contribution in [2.75, 3.05) is 52.7 Å². The van der Waals surface area contributed by atoms with Crippen LogP contribution in [0.2, 0.25) is 0 Å². The molecule has 1 saturated heterocycles. The topological polar surface area (TPSA) is 110 Å². The van der Waals surface area contributed by atoms with Crippen LogP contribution >= 0.6 is 7.82 Å². The molecular weight excluding hydrogens is 559 g/mol. The maximum absolute atomic E-state index is 12.6. The third kappa shape index (κ3) is 18.9. The van der Waals surface area contributed by atoms with E-state index in [-0.39, 0.29) is 19.8 Å². The summed E-state index contributed by atoms with van der Waals surface area (Å²) in [5.74, 6) is 0. The summed E-state index contributed by atoms with van der Waals surface area (Å²) in [4.78, 5) is 26.4. The number of phosphoric ester groups is 1. The molecule has 0 bridgehead atoms. The number of phosphoric acid groups is 1. The smallest absolute Gasteiger partial charge is 0.410 e. The van der Waals surface area contributed by atoms with Crippen LogP contribution in [0.15, 0.2) is 30.6 Å². The summed E-state index contributed by atoms with van der Waals surface area (Å²) in [5, 5.41) is 0. The molecule has 1 aromatic heterocycles. The summed E-state index contributed by atoms with van der Waals surface area (Å²) >= 11 is 0. The van der Waals surface area contributed by atoms with Crippen molar-refractivity contribution in [3.05, 3.63) is 30.6 Å². The Labute approximate surface area is 253 Å². The molecule has 1 fully saturated rings. The summed E-state index contributed by atoms with van der Waals surface area (Å²) in [6.45, 7) is 4.47. The quantitative estimate of drug-likeness (QED) is 0.0771. The van der Waals surface area contributed by atoms with Gasteiger partial charge in [-0.15, -0.1) is 0 Å². The highest BCUT2D eigenvalue weighted by molar-refractivity contribution is 7.45. The summed E-state index contributed by atoms with van der Waals surface area (Å²) in [6, 6.07) is 5.57. The molecule has 1 amide bonds. The van der Waals surface area contributed by atoms with Crippen molar-refractivity contribution in [1.29, 1.82) is 0 Å². The SMILES string of the molecule is CCCCCCCCCCCCCCCCOCC(COP(=O)([O-])OCC[n+]1ccccc1)OC(=O)N1CCOCC1. The van der Waals surface area contributed by atoms with Crippen molar-refractivity contribution >= 4 is 13.9 Å². The minimum atomic E-state index is -4.58. The summed E-state index contributed by atoms with van der Waals surface area (Å²) in [7, 11) is -4.58. The Hall–Kier alpha value is -1.55. The van der Waals surface area contributed by atoms with Gasteiger partial charge in [0.05, 0.1) is 26.4 Å². The first kappa shape index (κ1) is 36.6. The highest BCUT2D eigenvalue weighted by Gasteiger charge is 2.24. The average molecular weight is 615 g/mol. The number of carbonyl (C=O) groups is 1. The van der Waals surface area contributed by atoms with E-state index in [1.165, 1.54) is 81.9 Å². The number of aromatic nitrogens is 1. The maximum atomic E-state index is 12.6. The fourth-order valence-corrected chi connectivity index (χ4v) is 5.47. The summed E-state index contributed by atoms with van der Waals surface area (Å²) in [5.41, 5.74) is 0. The van der Waals surface area contributed by atoms with Gasteiger partial charge in [-0.1, -0.05) is 96.5 Å². The molecule has 10 nitrogen and oxygen atoms in total. The van der Waals surface area contributed by atoms with Crippen LogP contribution in [0.25, 0.3) is 0 Å². The lowest BCUT2D eigenvalue weighted by Gasteiger charge is -2.29. The Kier molecular flexibility index (Phi) is 20.8. The Morgan fingerprint density at radius 3 is 2.00 bits per heavy atom. The number of amides is 1. The van der Waals surface area contributed by atoms with Crippen molar-refractivity contribution in [3.8, 4) is 0 Å². The van der Waals surface area contributed by atoms with E-state index in [0.717, 1.165) is 12.8 Å². The Balaban J connectivity index is 1.59. The number of hydrogen-bond acceptors (Lipinski definition) is 8. The lowest BCUT2D eigenvalue weighted by molar-refractivity contribution is -0.697. The molecule has 2 heterocycles. The van der Waals surface area contributed by atoms with Gasteiger partial charge in [0.2, 0.25) is 0 Å². The van der Waals surface area contributed by atoms with Crippen molar-refractivity contribution in [1.82, 2.24) is 4.90 Å². The van der Waals surface area contributed by atoms with E-state index in [1.807, 2.05) is 30.6 Å². The number of rotatable bonds is 25. The highest BCUT2D eigenvalue weighted by Crippen LogP contribution is 2.38. The number of pyridine rings is 1. The summed E-state index contributed by atoms with van der Waals surface area (Å²) < 4.78 is 40.7. The molecular formula is C31H55N2O8P. The first-order chi connectivity index (χ1) is 20.5. The van der Waals surface area contributed by atoms with E-state index in [0.29, 0.717) is 39.5 Å². The Bertz CT molecular complexity index is 841. The van der Waals surface area contributed by atoms with Crippen LogP contribution in [0.5, 0.6) is 0 Å². The van der Waals surface area contributed by atoms with Crippen LogP contribution in [-0.4, -0.2) is 69.8 Å². The molecule has 0 radical (unpaired) electrons. The standard InChI is InChI=1S/C31H55N2O8P/c1-2-3-4-5-6-7-8-9-10-11-12-13-14-18-24-38-28-30(41-31(34)33-22-25-37-26-23-33)29-40-42(35,36)39-27-21-32-19-16-15-17-20-32/h15-17,19-20,30H,2-14,18,21-29H2,1H3. The predicted octanol–water partition coefficient (Wildman–Crippen LogP) is 5.81. The first-order valence-electron chi connectivity index (χ1n) is 16.2. The van der Waals surface area contributed by atoms with Gasteiger partial charge in [0.25, 0.3) is 7.82 Å². The molecule has 42 heavy (non-hydrogen) atoms. The van der Waals surface area contributed by atoms with Crippen LogP contribution < -0.4 is 9.46 Å². The molecule has 0 N–H and O–H groups in total. The molecule has 0 saturated carbocycles. The lowest BCUT2D eigenvalue weighted by Crippen LogP contribution is -2.43. The second-order valence-corrected chi connectivity index (χ2v) is 12.4. The van der Waals surface area contributed by atoms with E-state index in [9.17, 15) is 14.3 Å². The van der Waals surface area contributed by atoms with Gasteiger partial charge in [-0.3, -0.25) is 4.57 Å². The van der Waals surface area contributed by atoms with E-state index >= 15 is 0 Å². The van der Waals surface area contributed by atoms with E-state index in [4.69, 9.17) is 23.3 Å². The minimum absolute atomic E-state index is 0.0500. The van der Waals surface area contributed by atoms with Crippen molar-refractivity contribution in [2.45, 2.75) is 109 Å². The van der Waals surface area contributed by atoms with Gasteiger partial charge in [0.1, 0.15) is 6.61 Å². The van der Waals surface area contributed by atoms with Crippen LogP contribution in [-0.2, 0) is 34.4 Å². The largest absolute Gasteiger partial charge is 0.756 e. The zero-order chi connectivity index (χ0) is 30.1. The van der Waals surface area contributed by atoms with Gasteiger partial charge in [0.15, 0.2) is 25.0 Å². The van der Waals surface area contributed by atoms with Crippen molar-refractivity contribution in [3.63, 3.8) is 0 Å². The van der Waals surface area contributed by atoms with Crippen molar-refractivity contribution < 1.29 is 42.1 Å². The third-order valence-electron chi connectivity index (χ3n) is 7.28. The van der Waals surface area contributed by atoms with Gasteiger partial charge in [-0.05, 0) is 6.42 Å². The molecule has 242 valence electrons. The summed E-state index contributed by atoms with van der Waals surface area (Å²) in [6.07, 6.45) is 20.2. The molecule has 1 aliphatic heterocycles. The zero-order valence-electron chi connectivity index (χ0n) is 25.8. The third-order valence-corrected chi connectivity index (χ3v) is 8.24. The monoisotopic (exact) mass is 614 g/mol. The number of carbonyl (C=O) groups excluding carboxylic acids is 1. The first-order valence-corrected chi connectivity index (χ1v) is 17.6. The number of ether oxygens (including phenoxy) is 3. The van der Waals surface area contributed by atoms with Crippen LogP contribution in [0, 0.1) is 0 Å². The fraction of sp³-hybridized carbons (Fsp3) is 0.806. The van der Waals surface area contributed by atoms with Crippen LogP contribution in [0.4, 0.5) is 4.79 Å². The van der Waals surface area contributed by atoms with Gasteiger partial charge >= 0.3 is 6.09 Å². The number of nitrogens with zero attached hydrogens (tertiary/aromatic N) is 2. The van der Waals surface area contributed by atoms with Crippen LogP contribution in [0.3, 0.4) is 0 Å². The average Bonchev–Trinajstić information content (AvgIpc) is 3.00. The molecule has 11 heteroatoms. The predicted molar refractivity (Wildman–Crippen MR) is 160 cm³/mol. The van der Waals surface area contributed by atoms with Gasteiger partial charge in [-0.25, -0.2) is 9.36 Å². The number of morpholine rings is 1. The van der Waals surface area contributed by atoms with Crippen LogP contribution in [0.1, 0.15) is 96.8 Å². The van der Waals surface area contributed by atoms with E-state index in [1.54, 1.807) is 4.57 Å². The molecule has 0 spiro atoms. The molecule has 2 atom stereocenters. The lowest BCUT2D eigenvalue weighted by atomic mass is 10.0. The normalized spacial score (nSPS) is 15.8. The molecule has 0 aliphatic carbocycles. The van der Waals surface area contributed by atoms with Gasteiger partial charge in [-0.2, -0.15) is 0 Å². The Morgan fingerprint density at radius 1 is 0.833 bits per heavy atom. The van der Waals surface area contributed by atoms with E-state index in [2.05, 4.69) is 6.92 Å². The Morgan fingerprint density at radius 2 is 1.40 bits per heavy atom. The maximum Gasteiger partial charge on any atom is 0.410 e. The van der Waals surface area contributed by atoms with Crippen molar-refractivity contribution in [2.24, 2.45) is 0 Å². The van der Waals surface area contributed by atoms with Gasteiger partial charge < -0.3 is 33.1 Å². The highest BCUT2D eigenvalue weighted by atomic mass is 31.2. The van der Waals surface area contributed by atoms with E-state index < -0.39 is 20.0 Å².